The molecule has 72 valence electrons. The van der Waals surface area contributed by atoms with E-state index in [4.69, 9.17) is 9.52 Å². The van der Waals surface area contributed by atoms with Crippen LogP contribution in [-0.4, -0.2) is 11.7 Å². The van der Waals surface area contributed by atoms with Gasteiger partial charge in [-0.3, -0.25) is 0 Å². The fourth-order valence-corrected chi connectivity index (χ4v) is 1.31. The molecule has 0 saturated carbocycles. The van der Waals surface area contributed by atoms with Gasteiger partial charge in [-0.05, 0) is 12.1 Å². The molecule has 0 bridgehead atoms. The molecule has 0 saturated heterocycles. The zero-order chi connectivity index (χ0) is 9.97. The van der Waals surface area contributed by atoms with Gasteiger partial charge >= 0.3 is 0 Å². The van der Waals surface area contributed by atoms with Crippen molar-refractivity contribution in [3.63, 3.8) is 0 Å². The summed E-state index contributed by atoms with van der Waals surface area (Å²) in [6.45, 7) is 3.73. The monoisotopic (exact) mass is 189 g/mol. The number of aliphatic hydroxyl groups excluding tert-OH is 1. The average Bonchev–Trinajstić information content (AvgIpc) is 2.58. The van der Waals surface area contributed by atoms with Gasteiger partial charge in [0.15, 0.2) is 0 Å². The van der Waals surface area contributed by atoms with Gasteiger partial charge in [-0.25, -0.2) is 0 Å². The number of para-hydroxylation sites is 1. The second kappa shape index (κ2) is 3.46. The highest BCUT2D eigenvalue weighted by Crippen LogP contribution is 2.24. The molecule has 1 heterocycles. The van der Waals surface area contributed by atoms with E-state index in [1.54, 1.807) is 6.26 Å². The van der Waals surface area contributed by atoms with Crippen LogP contribution in [0.15, 0.2) is 47.3 Å². The van der Waals surface area contributed by atoms with Crippen molar-refractivity contribution in [1.82, 2.24) is 0 Å². The van der Waals surface area contributed by atoms with Crippen LogP contribution < -0.4 is 5.32 Å². The van der Waals surface area contributed by atoms with Crippen LogP contribution in [0.5, 0.6) is 0 Å². The van der Waals surface area contributed by atoms with E-state index in [0.29, 0.717) is 6.54 Å². The SMILES string of the molecule is C=C(O)CNc1coc2ccccc12. The van der Waals surface area contributed by atoms with Crippen molar-refractivity contribution in [2.24, 2.45) is 0 Å². The summed E-state index contributed by atoms with van der Waals surface area (Å²) in [6.07, 6.45) is 1.63. The molecular formula is C11H11NO2. The maximum Gasteiger partial charge on any atom is 0.136 e. The zero-order valence-corrected chi connectivity index (χ0v) is 7.66. The van der Waals surface area contributed by atoms with Crippen molar-refractivity contribution in [2.75, 3.05) is 11.9 Å². The van der Waals surface area contributed by atoms with Crippen molar-refractivity contribution in [3.8, 4) is 0 Å². The molecule has 14 heavy (non-hydrogen) atoms. The summed E-state index contributed by atoms with van der Waals surface area (Å²) >= 11 is 0. The molecule has 2 N–H and O–H groups in total. The minimum Gasteiger partial charge on any atom is -0.511 e. The van der Waals surface area contributed by atoms with Crippen LogP contribution in [0.2, 0.25) is 0 Å². The lowest BCUT2D eigenvalue weighted by Crippen LogP contribution is -2.02. The predicted molar refractivity (Wildman–Crippen MR) is 56.5 cm³/mol. The third-order valence-corrected chi connectivity index (χ3v) is 1.96. The lowest BCUT2D eigenvalue weighted by molar-refractivity contribution is 0.410. The molecule has 0 aliphatic rings. The van der Waals surface area contributed by atoms with Gasteiger partial charge in [0.25, 0.3) is 0 Å². The molecule has 2 rings (SSSR count). The maximum atomic E-state index is 8.94. The third kappa shape index (κ3) is 1.57. The highest BCUT2D eigenvalue weighted by atomic mass is 16.3. The molecule has 0 spiro atoms. The summed E-state index contributed by atoms with van der Waals surface area (Å²) in [7, 11) is 0. The van der Waals surface area contributed by atoms with E-state index in [9.17, 15) is 0 Å². The molecule has 1 aromatic heterocycles. The zero-order valence-electron chi connectivity index (χ0n) is 7.66. The lowest BCUT2D eigenvalue weighted by Gasteiger charge is -2.01. The van der Waals surface area contributed by atoms with E-state index >= 15 is 0 Å². The first-order valence-corrected chi connectivity index (χ1v) is 4.34. The van der Waals surface area contributed by atoms with Gasteiger partial charge in [-0.2, -0.15) is 0 Å². The Morgan fingerprint density at radius 2 is 2.21 bits per heavy atom. The molecule has 1 aromatic carbocycles. The Bertz CT molecular complexity index is 459. The van der Waals surface area contributed by atoms with E-state index < -0.39 is 0 Å². The number of aliphatic hydroxyl groups is 1. The first-order valence-electron chi connectivity index (χ1n) is 4.34. The minimum absolute atomic E-state index is 0.107. The van der Waals surface area contributed by atoms with Gasteiger partial charge in [0.2, 0.25) is 0 Å². The Balaban J connectivity index is 2.29. The molecule has 2 aromatic rings. The minimum atomic E-state index is 0.107. The first kappa shape index (κ1) is 8.69. The van der Waals surface area contributed by atoms with Crippen LogP contribution in [0.3, 0.4) is 0 Å². The smallest absolute Gasteiger partial charge is 0.136 e. The average molecular weight is 189 g/mol. The number of fused-ring (bicyclic) bond motifs is 1. The Hall–Kier alpha value is -1.90. The fraction of sp³-hybridized carbons (Fsp3) is 0.0909. The van der Waals surface area contributed by atoms with E-state index in [1.165, 1.54) is 0 Å². The van der Waals surface area contributed by atoms with Gasteiger partial charge in [-0.1, -0.05) is 18.7 Å². The Morgan fingerprint density at radius 3 is 3.00 bits per heavy atom. The Kier molecular flexibility index (Phi) is 2.14. The Labute approximate surface area is 81.7 Å². The van der Waals surface area contributed by atoms with Gasteiger partial charge in [0.05, 0.1) is 12.2 Å². The van der Waals surface area contributed by atoms with Gasteiger partial charge < -0.3 is 14.8 Å². The summed E-state index contributed by atoms with van der Waals surface area (Å²) in [5.41, 5.74) is 1.70. The second-order valence-electron chi connectivity index (χ2n) is 3.07. The first-order chi connectivity index (χ1) is 6.77. The highest BCUT2D eigenvalue weighted by Gasteiger charge is 2.03. The Morgan fingerprint density at radius 1 is 1.43 bits per heavy atom. The van der Waals surface area contributed by atoms with Crippen molar-refractivity contribution in [2.45, 2.75) is 0 Å². The standard InChI is InChI=1S/C11H11NO2/c1-8(13)6-12-10-7-14-11-5-3-2-4-9(10)11/h2-5,7,12-13H,1,6H2. The van der Waals surface area contributed by atoms with Crippen LogP contribution in [0, 0.1) is 0 Å². The number of anilines is 1. The van der Waals surface area contributed by atoms with E-state index in [0.717, 1.165) is 16.7 Å². The topological polar surface area (TPSA) is 45.4 Å². The summed E-state index contributed by atoms with van der Waals surface area (Å²) < 4.78 is 5.31. The highest BCUT2D eigenvalue weighted by molar-refractivity contribution is 5.90. The van der Waals surface area contributed by atoms with Gasteiger partial charge in [0.1, 0.15) is 17.6 Å². The molecule has 3 nitrogen and oxygen atoms in total. The van der Waals surface area contributed by atoms with Crippen molar-refractivity contribution in [1.29, 1.82) is 0 Å². The number of hydrogen-bond donors (Lipinski definition) is 2. The second-order valence-corrected chi connectivity index (χ2v) is 3.07. The number of rotatable bonds is 3. The molecule has 0 radical (unpaired) electrons. The number of hydrogen-bond acceptors (Lipinski definition) is 3. The molecule has 3 heteroatoms. The van der Waals surface area contributed by atoms with Crippen LogP contribution in [0.25, 0.3) is 11.0 Å². The number of furan rings is 1. The molecule has 0 amide bonds. The summed E-state index contributed by atoms with van der Waals surface area (Å²) in [5.74, 6) is 0.107. The van der Waals surface area contributed by atoms with Gasteiger partial charge in [-0.15, -0.1) is 0 Å². The largest absolute Gasteiger partial charge is 0.511 e. The van der Waals surface area contributed by atoms with Crippen LogP contribution in [0.1, 0.15) is 0 Å². The third-order valence-electron chi connectivity index (χ3n) is 1.96. The number of benzene rings is 1. The van der Waals surface area contributed by atoms with Crippen LogP contribution in [0.4, 0.5) is 5.69 Å². The molecule has 0 aliphatic heterocycles. The summed E-state index contributed by atoms with van der Waals surface area (Å²) in [5, 5.41) is 13.0. The lowest BCUT2D eigenvalue weighted by atomic mass is 10.2. The van der Waals surface area contributed by atoms with E-state index in [1.807, 2.05) is 24.3 Å². The fourth-order valence-electron chi connectivity index (χ4n) is 1.31. The number of nitrogens with one attached hydrogen (secondary N) is 1. The quantitative estimate of drug-likeness (QED) is 0.729. The van der Waals surface area contributed by atoms with Crippen molar-refractivity contribution in [3.05, 3.63) is 42.9 Å². The molecular weight excluding hydrogens is 178 g/mol. The molecule has 0 aliphatic carbocycles. The maximum absolute atomic E-state index is 8.94. The molecule has 0 atom stereocenters. The van der Waals surface area contributed by atoms with Crippen LogP contribution in [-0.2, 0) is 0 Å². The van der Waals surface area contributed by atoms with Crippen LogP contribution >= 0.6 is 0 Å². The molecule has 0 unspecified atom stereocenters. The molecule has 0 fully saturated rings. The predicted octanol–water partition coefficient (Wildman–Crippen LogP) is 2.92. The summed E-state index contributed by atoms with van der Waals surface area (Å²) in [4.78, 5) is 0. The normalized spacial score (nSPS) is 10.3. The van der Waals surface area contributed by atoms with Crippen molar-refractivity contribution >= 4 is 16.7 Å². The summed E-state index contributed by atoms with van der Waals surface area (Å²) in [6, 6.07) is 7.72. The van der Waals surface area contributed by atoms with Crippen molar-refractivity contribution < 1.29 is 9.52 Å². The van der Waals surface area contributed by atoms with E-state index in [-0.39, 0.29) is 5.76 Å². The van der Waals surface area contributed by atoms with E-state index in [2.05, 4.69) is 11.9 Å². The van der Waals surface area contributed by atoms with Gasteiger partial charge in [0, 0.05) is 5.39 Å².